The van der Waals surface area contributed by atoms with Gasteiger partial charge in [0.2, 0.25) is 0 Å². The number of carbonyl (C=O) groups excluding carboxylic acids is 1. The summed E-state index contributed by atoms with van der Waals surface area (Å²) in [6.07, 6.45) is 6.98. The second kappa shape index (κ2) is 11.6. The largest absolute Gasteiger partial charge is 0.365 e. The fourth-order valence-electron chi connectivity index (χ4n) is 3.03. The van der Waals surface area contributed by atoms with Gasteiger partial charge in [-0.3, -0.25) is 19.9 Å². The third-order valence-corrected chi connectivity index (χ3v) is 4.47. The highest BCUT2D eigenvalue weighted by Crippen LogP contribution is 2.18. The van der Waals surface area contributed by atoms with Crippen molar-refractivity contribution in [3.8, 4) is 0 Å². The van der Waals surface area contributed by atoms with Crippen LogP contribution in [0.2, 0.25) is 0 Å². The summed E-state index contributed by atoms with van der Waals surface area (Å²) in [7, 11) is 0. The van der Waals surface area contributed by atoms with E-state index in [0.29, 0.717) is 11.7 Å². The molecule has 28 heavy (non-hydrogen) atoms. The Bertz CT molecular complexity index is 786. The number of likely N-dealkylation sites (tertiary alicyclic amines) is 1. The number of aryl methyl sites for hydroxylation is 1. The fraction of sp³-hybridized carbons (Fsp3) is 0.316. The molecule has 1 amide bonds. The molecule has 1 saturated heterocycles. The van der Waals surface area contributed by atoms with Gasteiger partial charge in [-0.1, -0.05) is 24.3 Å². The maximum Gasteiger partial charge on any atom is 0.267 e. The zero-order valence-electron chi connectivity index (χ0n) is 15.5. The van der Waals surface area contributed by atoms with Crippen LogP contribution in [0.1, 0.15) is 23.2 Å². The summed E-state index contributed by atoms with van der Waals surface area (Å²) in [6.45, 7) is 5.13. The Labute approximate surface area is 177 Å². The van der Waals surface area contributed by atoms with Crippen molar-refractivity contribution < 1.29 is 10.0 Å². The van der Waals surface area contributed by atoms with Gasteiger partial charge in [0, 0.05) is 31.8 Å². The van der Waals surface area contributed by atoms with E-state index < -0.39 is 5.91 Å². The third-order valence-electron chi connectivity index (χ3n) is 4.47. The van der Waals surface area contributed by atoms with Crippen LogP contribution in [0.4, 0.5) is 5.82 Å². The molecule has 152 valence electrons. The first kappa shape index (κ1) is 23.8. The molecule has 0 spiro atoms. The summed E-state index contributed by atoms with van der Waals surface area (Å²) in [6, 6.07) is 8.84. The topological polar surface area (TPSA) is 90.4 Å². The molecule has 0 unspecified atom stereocenters. The van der Waals surface area contributed by atoms with Crippen LogP contribution < -0.4 is 10.8 Å². The third kappa shape index (κ3) is 6.76. The number of halogens is 2. The van der Waals surface area contributed by atoms with Gasteiger partial charge in [0.05, 0.1) is 18.1 Å². The van der Waals surface area contributed by atoms with E-state index >= 15 is 0 Å². The number of rotatable bonds is 6. The Morgan fingerprint density at radius 3 is 2.75 bits per heavy atom. The van der Waals surface area contributed by atoms with Gasteiger partial charge in [-0.2, -0.15) is 0 Å². The number of nitrogens with one attached hydrogen (secondary N) is 2. The van der Waals surface area contributed by atoms with Crippen LogP contribution in [0, 0.1) is 6.92 Å². The van der Waals surface area contributed by atoms with Crippen molar-refractivity contribution in [2.75, 3.05) is 18.4 Å². The highest BCUT2D eigenvalue weighted by molar-refractivity contribution is 5.90. The van der Waals surface area contributed by atoms with Crippen LogP contribution in [-0.2, 0) is 11.3 Å². The summed E-state index contributed by atoms with van der Waals surface area (Å²) in [5.41, 5.74) is 4.78. The highest BCUT2D eigenvalue weighted by Gasteiger charge is 2.22. The maximum atomic E-state index is 11.0. The van der Waals surface area contributed by atoms with Crippen molar-refractivity contribution in [2.45, 2.75) is 25.9 Å². The molecule has 2 heterocycles. The van der Waals surface area contributed by atoms with Gasteiger partial charge < -0.3 is 5.32 Å². The van der Waals surface area contributed by atoms with Gasteiger partial charge in [0.25, 0.3) is 5.91 Å². The molecule has 2 aromatic rings. The molecule has 1 aromatic heterocycles. The van der Waals surface area contributed by atoms with Crippen LogP contribution >= 0.6 is 24.8 Å². The first-order valence-corrected chi connectivity index (χ1v) is 8.61. The van der Waals surface area contributed by atoms with Crippen molar-refractivity contribution in [3.05, 3.63) is 59.6 Å². The van der Waals surface area contributed by atoms with Crippen LogP contribution in [0.15, 0.2) is 42.7 Å². The minimum atomic E-state index is -0.603. The SMILES string of the molecule is Cc1ccccc1CN1CC[C@@H](Nc2cnc(C=CC(=O)NO)cn2)C1.Cl.Cl. The summed E-state index contributed by atoms with van der Waals surface area (Å²) in [4.78, 5) is 22.0. The van der Waals surface area contributed by atoms with Gasteiger partial charge in [-0.05, 0) is 30.5 Å². The Balaban J connectivity index is 0.00000196. The minimum Gasteiger partial charge on any atom is -0.365 e. The minimum absolute atomic E-state index is 0. The molecule has 0 saturated carbocycles. The molecule has 1 aromatic carbocycles. The number of benzene rings is 1. The second-order valence-corrected chi connectivity index (χ2v) is 6.43. The number of nitrogens with zero attached hydrogens (tertiary/aromatic N) is 3. The van der Waals surface area contributed by atoms with Crippen LogP contribution in [0.5, 0.6) is 0 Å². The normalized spacial score (nSPS) is 16.3. The van der Waals surface area contributed by atoms with Crippen molar-refractivity contribution in [1.29, 1.82) is 0 Å². The Morgan fingerprint density at radius 1 is 1.29 bits per heavy atom. The number of aromatic nitrogens is 2. The lowest BCUT2D eigenvalue weighted by Gasteiger charge is -2.18. The lowest BCUT2D eigenvalue weighted by atomic mass is 10.1. The van der Waals surface area contributed by atoms with Gasteiger partial charge in [-0.15, -0.1) is 24.8 Å². The number of hydroxylamine groups is 1. The van der Waals surface area contributed by atoms with E-state index in [4.69, 9.17) is 5.21 Å². The van der Waals surface area contributed by atoms with Crippen molar-refractivity contribution in [2.24, 2.45) is 0 Å². The zero-order valence-corrected chi connectivity index (χ0v) is 17.2. The Hall–Kier alpha value is -2.19. The molecule has 7 nitrogen and oxygen atoms in total. The van der Waals surface area contributed by atoms with E-state index in [1.54, 1.807) is 12.4 Å². The molecule has 1 aliphatic heterocycles. The molecule has 3 N–H and O–H groups in total. The predicted molar refractivity (Wildman–Crippen MR) is 114 cm³/mol. The number of hydrogen-bond donors (Lipinski definition) is 3. The molecule has 1 aliphatic rings. The molecule has 1 atom stereocenters. The standard InChI is InChI=1S/C19H23N5O2.2ClH/c1-14-4-2-3-5-15(14)12-24-9-8-17(13-24)22-18-11-20-16(10-21-18)6-7-19(25)23-26;;/h2-7,10-11,17,26H,8-9,12-13H2,1H3,(H,21,22)(H,23,25);2*1H/t17-;;/m1../s1. The molecular weight excluding hydrogens is 401 g/mol. The molecule has 0 bridgehead atoms. The monoisotopic (exact) mass is 425 g/mol. The average molecular weight is 426 g/mol. The molecule has 9 heteroatoms. The van der Waals surface area contributed by atoms with Gasteiger partial charge in [-0.25, -0.2) is 10.5 Å². The molecule has 0 radical (unpaired) electrons. The van der Waals surface area contributed by atoms with E-state index in [2.05, 4.69) is 51.4 Å². The first-order chi connectivity index (χ1) is 12.6. The highest BCUT2D eigenvalue weighted by atomic mass is 35.5. The second-order valence-electron chi connectivity index (χ2n) is 6.43. The lowest BCUT2D eigenvalue weighted by molar-refractivity contribution is -0.124. The fourth-order valence-corrected chi connectivity index (χ4v) is 3.03. The maximum absolute atomic E-state index is 11.0. The lowest BCUT2D eigenvalue weighted by Crippen LogP contribution is -2.26. The number of carbonyl (C=O) groups is 1. The molecule has 3 rings (SSSR count). The molecular formula is C19H25Cl2N5O2. The predicted octanol–water partition coefficient (Wildman–Crippen LogP) is 2.83. The van der Waals surface area contributed by atoms with E-state index in [0.717, 1.165) is 31.9 Å². The summed E-state index contributed by atoms with van der Waals surface area (Å²) in [5.74, 6) is 0.116. The van der Waals surface area contributed by atoms with Crippen molar-refractivity contribution in [1.82, 2.24) is 20.3 Å². The van der Waals surface area contributed by atoms with E-state index in [1.807, 2.05) is 0 Å². The van der Waals surface area contributed by atoms with Crippen LogP contribution in [-0.4, -0.2) is 45.1 Å². The summed E-state index contributed by atoms with van der Waals surface area (Å²) in [5, 5.41) is 11.9. The smallest absolute Gasteiger partial charge is 0.267 e. The zero-order chi connectivity index (χ0) is 18.4. The summed E-state index contributed by atoms with van der Waals surface area (Å²) >= 11 is 0. The molecule has 0 aliphatic carbocycles. The van der Waals surface area contributed by atoms with Gasteiger partial charge in [0.1, 0.15) is 5.82 Å². The van der Waals surface area contributed by atoms with Crippen molar-refractivity contribution in [3.63, 3.8) is 0 Å². The van der Waals surface area contributed by atoms with Gasteiger partial charge in [0.15, 0.2) is 0 Å². The van der Waals surface area contributed by atoms with Gasteiger partial charge >= 0.3 is 0 Å². The number of amides is 1. The van der Waals surface area contributed by atoms with E-state index in [-0.39, 0.29) is 24.8 Å². The van der Waals surface area contributed by atoms with E-state index in [9.17, 15) is 4.79 Å². The number of anilines is 1. The van der Waals surface area contributed by atoms with Crippen LogP contribution in [0.25, 0.3) is 6.08 Å². The van der Waals surface area contributed by atoms with E-state index in [1.165, 1.54) is 28.8 Å². The Morgan fingerprint density at radius 2 is 2.07 bits per heavy atom. The van der Waals surface area contributed by atoms with Crippen LogP contribution in [0.3, 0.4) is 0 Å². The summed E-state index contributed by atoms with van der Waals surface area (Å²) < 4.78 is 0. The quantitative estimate of drug-likeness (QED) is 0.374. The number of hydrogen-bond acceptors (Lipinski definition) is 6. The Kier molecular flexibility index (Phi) is 9.89. The molecule has 1 fully saturated rings. The first-order valence-electron chi connectivity index (χ1n) is 8.61. The average Bonchev–Trinajstić information content (AvgIpc) is 3.09. The van der Waals surface area contributed by atoms with Crippen molar-refractivity contribution >= 4 is 42.6 Å².